The number of rotatable bonds is 3. The molecule has 1 fully saturated rings. The van der Waals surface area contributed by atoms with Crippen LogP contribution in [-0.4, -0.2) is 17.6 Å². The predicted molar refractivity (Wildman–Crippen MR) is 74.6 cm³/mol. The molecule has 17 heavy (non-hydrogen) atoms. The van der Waals surface area contributed by atoms with Crippen LogP contribution < -0.4 is 10.6 Å². The van der Waals surface area contributed by atoms with Gasteiger partial charge in [-0.2, -0.15) is 0 Å². The lowest BCUT2D eigenvalue weighted by Crippen LogP contribution is -2.34. The minimum Gasteiger partial charge on any atom is -0.345 e. The lowest BCUT2D eigenvalue weighted by Gasteiger charge is -2.28. The van der Waals surface area contributed by atoms with Gasteiger partial charge in [0, 0.05) is 29.7 Å². The molecule has 2 unspecified atom stereocenters. The van der Waals surface area contributed by atoms with E-state index in [0.717, 1.165) is 6.54 Å². The van der Waals surface area contributed by atoms with Gasteiger partial charge in [0.25, 0.3) is 0 Å². The van der Waals surface area contributed by atoms with Crippen molar-refractivity contribution in [2.24, 2.45) is 5.73 Å². The lowest BCUT2D eigenvalue weighted by atomic mass is 10.1. The highest BCUT2D eigenvalue weighted by molar-refractivity contribution is 7.15. The van der Waals surface area contributed by atoms with Crippen LogP contribution in [0.2, 0.25) is 0 Å². The van der Waals surface area contributed by atoms with Gasteiger partial charge in [-0.1, -0.05) is 19.8 Å². The first-order valence-electron chi connectivity index (χ1n) is 6.70. The molecule has 0 aliphatic carbocycles. The molecule has 0 saturated carbocycles. The molecule has 1 saturated heterocycles. The number of hydrogen-bond donors (Lipinski definition) is 1. The quantitative estimate of drug-likeness (QED) is 0.898. The van der Waals surface area contributed by atoms with Crippen molar-refractivity contribution in [2.75, 3.05) is 11.4 Å². The second-order valence-corrected chi connectivity index (χ2v) is 5.98. The summed E-state index contributed by atoms with van der Waals surface area (Å²) in [6.07, 6.45) is 8.49. The maximum Gasteiger partial charge on any atom is 0.185 e. The highest BCUT2D eigenvalue weighted by Gasteiger charge is 2.22. The fourth-order valence-corrected chi connectivity index (χ4v) is 3.44. The Morgan fingerprint density at radius 3 is 3.00 bits per heavy atom. The van der Waals surface area contributed by atoms with Gasteiger partial charge in [-0.05, 0) is 26.2 Å². The Hall–Kier alpha value is -0.610. The third-order valence-corrected chi connectivity index (χ3v) is 4.79. The summed E-state index contributed by atoms with van der Waals surface area (Å²) in [4.78, 5) is 8.26. The van der Waals surface area contributed by atoms with E-state index in [2.05, 4.69) is 16.8 Å². The van der Waals surface area contributed by atoms with E-state index >= 15 is 0 Å². The second-order valence-electron chi connectivity index (χ2n) is 4.94. The summed E-state index contributed by atoms with van der Waals surface area (Å²) in [5, 5.41) is 1.17. The summed E-state index contributed by atoms with van der Waals surface area (Å²) in [5.74, 6) is 0. The van der Waals surface area contributed by atoms with Crippen molar-refractivity contribution in [3.05, 3.63) is 11.1 Å². The number of anilines is 1. The molecule has 0 spiro atoms. The highest BCUT2D eigenvalue weighted by Crippen LogP contribution is 2.31. The van der Waals surface area contributed by atoms with Crippen LogP contribution in [0.15, 0.2) is 6.20 Å². The number of nitrogens with zero attached hydrogens (tertiary/aromatic N) is 2. The van der Waals surface area contributed by atoms with Crippen molar-refractivity contribution >= 4 is 16.5 Å². The van der Waals surface area contributed by atoms with Crippen molar-refractivity contribution in [3.8, 4) is 0 Å². The van der Waals surface area contributed by atoms with Crippen LogP contribution in [0.1, 0.15) is 56.9 Å². The van der Waals surface area contributed by atoms with Crippen molar-refractivity contribution in [3.63, 3.8) is 0 Å². The van der Waals surface area contributed by atoms with E-state index in [9.17, 15) is 0 Å². The largest absolute Gasteiger partial charge is 0.345 e. The molecule has 3 nitrogen and oxygen atoms in total. The molecule has 2 heterocycles. The average Bonchev–Trinajstić information content (AvgIpc) is 2.68. The molecule has 1 aliphatic rings. The first kappa shape index (κ1) is 12.8. The van der Waals surface area contributed by atoms with Gasteiger partial charge < -0.3 is 10.6 Å². The third kappa shape index (κ3) is 2.99. The Labute approximate surface area is 108 Å². The monoisotopic (exact) mass is 253 g/mol. The summed E-state index contributed by atoms with van der Waals surface area (Å²) in [7, 11) is 0. The first-order chi connectivity index (χ1) is 8.22. The molecule has 0 aromatic carbocycles. The van der Waals surface area contributed by atoms with Crippen molar-refractivity contribution in [1.29, 1.82) is 0 Å². The number of aromatic nitrogens is 1. The smallest absolute Gasteiger partial charge is 0.185 e. The van der Waals surface area contributed by atoms with Gasteiger partial charge in [-0.25, -0.2) is 4.98 Å². The van der Waals surface area contributed by atoms with Crippen LogP contribution in [0.5, 0.6) is 0 Å². The Morgan fingerprint density at radius 2 is 2.35 bits per heavy atom. The molecule has 0 bridgehead atoms. The Morgan fingerprint density at radius 1 is 1.53 bits per heavy atom. The Balaban J connectivity index is 2.16. The minimum absolute atomic E-state index is 0.105. The van der Waals surface area contributed by atoms with Crippen molar-refractivity contribution in [1.82, 2.24) is 4.98 Å². The summed E-state index contributed by atoms with van der Waals surface area (Å²) < 4.78 is 0. The van der Waals surface area contributed by atoms with Gasteiger partial charge in [0.2, 0.25) is 0 Å². The molecule has 2 atom stereocenters. The van der Waals surface area contributed by atoms with E-state index in [0.29, 0.717) is 6.04 Å². The summed E-state index contributed by atoms with van der Waals surface area (Å²) in [6, 6.07) is 0.776. The lowest BCUT2D eigenvalue weighted by molar-refractivity contribution is 0.555. The van der Waals surface area contributed by atoms with E-state index in [1.165, 1.54) is 42.1 Å². The Bertz CT molecular complexity index is 348. The van der Waals surface area contributed by atoms with Gasteiger partial charge in [0.15, 0.2) is 5.13 Å². The minimum atomic E-state index is 0.105. The maximum atomic E-state index is 5.91. The molecule has 96 valence electrons. The zero-order valence-corrected chi connectivity index (χ0v) is 11.7. The van der Waals surface area contributed by atoms with E-state index in [-0.39, 0.29) is 6.04 Å². The van der Waals surface area contributed by atoms with Crippen LogP contribution in [0.3, 0.4) is 0 Å². The van der Waals surface area contributed by atoms with Gasteiger partial charge in [0.05, 0.1) is 0 Å². The average molecular weight is 253 g/mol. The van der Waals surface area contributed by atoms with Gasteiger partial charge in [-0.3, -0.25) is 0 Å². The third-order valence-electron chi connectivity index (χ3n) is 3.55. The normalized spacial score (nSPS) is 23.5. The van der Waals surface area contributed by atoms with E-state index in [1.807, 2.05) is 13.1 Å². The molecule has 2 rings (SSSR count). The number of nitrogens with two attached hydrogens (primary N) is 1. The Kier molecular flexibility index (Phi) is 4.40. The van der Waals surface area contributed by atoms with Crippen molar-refractivity contribution < 1.29 is 0 Å². The summed E-state index contributed by atoms with van der Waals surface area (Å²) >= 11 is 1.77. The maximum absolute atomic E-state index is 5.91. The molecule has 2 N–H and O–H groups in total. The molecule has 4 heteroatoms. The van der Waals surface area contributed by atoms with Crippen molar-refractivity contribution in [2.45, 2.75) is 58.0 Å². The van der Waals surface area contributed by atoms with Crippen LogP contribution in [0.25, 0.3) is 0 Å². The first-order valence-corrected chi connectivity index (χ1v) is 7.52. The topological polar surface area (TPSA) is 42.2 Å². The van der Waals surface area contributed by atoms with Gasteiger partial charge in [0.1, 0.15) is 0 Å². The molecule has 1 aliphatic heterocycles. The predicted octanol–water partition coefficient (Wildman–Crippen LogP) is 3.32. The molecule has 0 radical (unpaired) electrons. The van der Waals surface area contributed by atoms with Crippen LogP contribution in [0, 0.1) is 0 Å². The number of thiazole rings is 1. The molecule has 0 amide bonds. The molecular formula is C13H23N3S. The molecule has 1 aromatic rings. The van der Waals surface area contributed by atoms with Crippen LogP contribution in [0.4, 0.5) is 5.13 Å². The summed E-state index contributed by atoms with van der Waals surface area (Å²) in [6.45, 7) is 5.46. The molecule has 1 aromatic heterocycles. The standard InChI is InChI=1S/C13H23N3S/c1-3-11-7-5-4-6-8-16(11)13-15-9-12(17-13)10(2)14/h9-11H,3-8,14H2,1-2H3. The number of hydrogen-bond acceptors (Lipinski definition) is 4. The fourth-order valence-electron chi connectivity index (χ4n) is 2.47. The van der Waals surface area contributed by atoms with E-state index in [4.69, 9.17) is 5.73 Å². The van der Waals surface area contributed by atoms with Crippen LogP contribution >= 0.6 is 11.3 Å². The fraction of sp³-hybridized carbons (Fsp3) is 0.769. The van der Waals surface area contributed by atoms with E-state index < -0.39 is 0 Å². The highest BCUT2D eigenvalue weighted by atomic mass is 32.1. The van der Waals surface area contributed by atoms with E-state index in [1.54, 1.807) is 11.3 Å². The summed E-state index contributed by atoms with van der Waals surface area (Å²) in [5.41, 5.74) is 5.91. The molecular weight excluding hydrogens is 230 g/mol. The zero-order valence-electron chi connectivity index (χ0n) is 10.9. The second kappa shape index (κ2) is 5.83. The zero-order chi connectivity index (χ0) is 12.3. The van der Waals surface area contributed by atoms with Gasteiger partial charge >= 0.3 is 0 Å². The van der Waals surface area contributed by atoms with Crippen LogP contribution in [-0.2, 0) is 0 Å². The SMILES string of the molecule is CCC1CCCCCN1c1ncc(C(C)N)s1. The van der Waals surface area contributed by atoms with Gasteiger partial charge in [-0.15, -0.1) is 11.3 Å².